The van der Waals surface area contributed by atoms with Crippen LogP contribution in [0.2, 0.25) is 0 Å². The Kier molecular flexibility index (Phi) is 3.97. The molecular formula is C14H25N3O2. The molecule has 19 heavy (non-hydrogen) atoms. The van der Waals surface area contributed by atoms with Gasteiger partial charge >= 0.3 is 0 Å². The van der Waals surface area contributed by atoms with E-state index in [1.165, 1.54) is 0 Å². The van der Waals surface area contributed by atoms with Crippen LogP contribution >= 0.6 is 0 Å². The molecule has 1 aromatic heterocycles. The lowest BCUT2D eigenvalue weighted by Gasteiger charge is -2.28. The van der Waals surface area contributed by atoms with Crippen LogP contribution in [-0.2, 0) is 15.8 Å². The minimum atomic E-state index is -0.466. The molecule has 2 rings (SSSR count). The molecule has 1 aliphatic rings. The maximum atomic E-state index is 5.58. The first-order chi connectivity index (χ1) is 8.98. The van der Waals surface area contributed by atoms with E-state index in [0.717, 1.165) is 31.8 Å². The molecule has 0 aromatic carbocycles. The molecule has 0 spiro atoms. The highest BCUT2D eigenvalue weighted by atomic mass is 16.5. The summed E-state index contributed by atoms with van der Waals surface area (Å²) in [5.41, 5.74) is -0.500. The fourth-order valence-electron chi connectivity index (χ4n) is 2.67. The Balaban J connectivity index is 2.35. The van der Waals surface area contributed by atoms with Crippen molar-refractivity contribution in [2.45, 2.75) is 51.6 Å². The molecule has 1 aliphatic heterocycles. The number of methoxy groups -OCH3 is 1. The number of ether oxygens (including phenoxy) is 1. The summed E-state index contributed by atoms with van der Waals surface area (Å²) < 4.78 is 11.1. The number of nitrogens with zero attached hydrogens (tertiary/aromatic N) is 2. The third-order valence-electron chi connectivity index (χ3n) is 4.74. The summed E-state index contributed by atoms with van der Waals surface area (Å²) >= 11 is 0. The highest BCUT2D eigenvalue weighted by Gasteiger charge is 2.44. The van der Waals surface area contributed by atoms with Crippen molar-refractivity contribution in [2.24, 2.45) is 5.92 Å². The van der Waals surface area contributed by atoms with Gasteiger partial charge in [-0.25, -0.2) is 0 Å². The van der Waals surface area contributed by atoms with Gasteiger partial charge in [0.1, 0.15) is 5.60 Å². The summed E-state index contributed by atoms with van der Waals surface area (Å²) in [5.74, 6) is 1.87. The molecule has 2 atom stereocenters. The molecule has 0 radical (unpaired) electrons. The van der Waals surface area contributed by atoms with Crippen molar-refractivity contribution in [3.8, 4) is 0 Å². The van der Waals surface area contributed by atoms with Gasteiger partial charge in [-0.3, -0.25) is 0 Å². The van der Waals surface area contributed by atoms with Gasteiger partial charge in [0.25, 0.3) is 0 Å². The van der Waals surface area contributed by atoms with Crippen LogP contribution < -0.4 is 5.32 Å². The second-order valence-electron chi connectivity index (χ2n) is 5.95. The molecule has 0 saturated carbocycles. The molecule has 2 unspecified atom stereocenters. The van der Waals surface area contributed by atoms with Crippen LogP contribution in [-0.4, -0.2) is 30.3 Å². The van der Waals surface area contributed by atoms with Gasteiger partial charge in [0, 0.05) is 13.7 Å². The van der Waals surface area contributed by atoms with Crippen LogP contribution in [0.3, 0.4) is 0 Å². The van der Waals surface area contributed by atoms with Gasteiger partial charge < -0.3 is 14.6 Å². The van der Waals surface area contributed by atoms with E-state index < -0.39 is 5.60 Å². The third-order valence-corrected chi connectivity index (χ3v) is 4.74. The molecule has 0 bridgehead atoms. The van der Waals surface area contributed by atoms with Crippen molar-refractivity contribution < 1.29 is 9.26 Å². The van der Waals surface area contributed by atoms with Crippen LogP contribution in [0.5, 0.6) is 0 Å². The van der Waals surface area contributed by atoms with Crippen molar-refractivity contribution in [1.82, 2.24) is 15.5 Å². The Morgan fingerprint density at radius 1 is 1.53 bits per heavy atom. The highest BCUT2D eigenvalue weighted by Crippen LogP contribution is 2.38. The average Bonchev–Trinajstić information content (AvgIpc) is 3.06. The zero-order valence-electron chi connectivity index (χ0n) is 12.6. The third kappa shape index (κ3) is 2.30. The SMILES string of the molecule is CCC(C)(OC)c1noc(C2(C(C)C)CCNC2)n1. The van der Waals surface area contributed by atoms with Crippen molar-refractivity contribution >= 4 is 0 Å². The summed E-state index contributed by atoms with van der Waals surface area (Å²) in [6.45, 7) is 10.4. The molecule has 1 saturated heterocycles. The number of hydrogen-bond donors (Lipinski definition) is 1. The minimum Gasteiger partial charge on any atom is -0.370 e. The number of aromatic nitrogens is 2. The fraction of sp³-hybridized carbons (Fsp3) is 0.857. The van der Waals surface area contributed by atoms with Crippen LogP contribution in [0.25, 0.3) is 0 Å². The monoisotopic (exact) mass is 267 g/mol. The van der Waals surface area contributed by atoms with Gasteiger partial charge in [0.2, 0.25) is 11.7 Å². The van der Waals surface area contributed by atoms with Gasteiger partial charge in [-0.15, -0.1) is 0 Å². The lowest BCUT2D eigenvalue weighted by atomic mass is 9.76. The Bertz CT molecular complexity index is 418. The van der Waals surface area contributed by atoms with Crippen LogP contribution in [0.15, 0.2) is 4.52 Å². The molecule has 1 N–H and O–H groups in total. The minimum absolute atomic E-state index is 0.0341. The van der Waals surface area contributed by atoms with Crippen molar-refractivity contribution in [3.63, 3.8) is 0 Å². The number of hydrogen-bond acceptors (Lipinski definition) is 5. The van der Waals surface area contributed by atoms with Crippen LogP contribution in [0.1, 0.15) is 52.3 Å². The first-order valence-corrected chi connectivity index (χ1v) is 7.09. The zero-order chi connectivity index (χ0) is 14.1. The summed E-state index contributed by atoms with van der Waals surface area (Å²) in [6, 6.07) is 0. The zero-order valence-corrected chi connectivity index (χ0v) is 12.6. The Morgan fingerprint density at radius 2 is 2.26 bits per heavy atom. The molecular weight excluding hydrogens is 242 g/mol. The molecule has 5 nitrogen and oxygen atoms in total. The largest absolute Gasteiger partial charge is 0.370 e. The smallest absolute Gasteiger partial charge is 0.234 e. The van der Waals surface area contributed by atoms with E-state index in [1.807, 2.05) is 6.92 Å². The van der Waals surface area contributed by atoms with Crippen LogP contribution in [0.4, 0.5) is 0 Å². The molecule has 1 fully saturated rings. The van der Waals surface area contributed by atoms with E-state index in [2.05, 4.69) is 36.2 Å². The van der Waals surface area contributed by atoms with E-state index in [9.17, 15) is 0 Å². The van der Waals surface area contributed by atoms with Crippen molar-refractivity contribution in [1.29, 1.82) is 0 Å². The first kappa shape index (κ1) is 14.5. The average molecular weight is 267 g/mol. The van der Waals surface area contributed by atoms with Gasteiger partial charge in [0.15, 0.2) is 0 Å². The first-order valence-electron chi connectivity index (χ1n) is 7.09. The molecule has 0 aliphatic carbocycles. The maximum Gasteiger partial charge on any atom is 0.234 e. The fourth-order valence-corrected chi connectivity index (χ4v) is 2.67. The molecule has 1 aromatic rings. The topological polar surface area (TPSA) is 60.2 Å². The second kappa shape index (κ2) is 5.21. The quantitative estimate of drug-likeness (QED) is 0.886. The van der Waals surface area contributed by atoms with Gasteiger partial charge in [-0.05, 0) is 32.2 Å². The lowest BCUT2D eigenvalue weighted by Crippen LogP contribution is -2.35. The van der Waals surface area contributed by atoms with Crippen molar-refractivity contribution in [2.75, 3.05) is 20.2 Å². The van der Waals surface area contributed by atoms with Gasteiger partial charge in [-0.1, -0.05) is 25.9 Å². The predicted molar refractivity (Wildman–Crippen MR) is 73.0 cm³/mol. The number of nitrogens with one attached hydrogen (secondary N) is 1. The predicted octanol–water partition coefficient (Wildman–Crippen LogP) is 2.23. The maximum absolute atomic E-state index is 5.58. The summed E-state index contributed by atoms with van der Waals surface area (Å²) in [7, 11) is 1.69. The van der Waals surface area contributed by atoms with E-state index in [-0.39, 0.29) is 5.41 Å². The Labute approximate surface area is 115 Å². The van der Waals surface area contributed by atoms with E-state index >= 15 is 0 Å². The standard InChI is InChI=1S/C14H25N3O2/c1-6-13(4,18-5)11-16-12(19-17-11)14(10(2)3)7-8-15-9-14/h10,15H,6-9H2,1-5H3. The Morgan fingerprint density at radius 3 is 2.74 bits per heavy atom. The van der Waals surface area contributed by atoms with Crippen molar-refractivity contribution in [3.05, 3.63) is 11.7 Å². The molecule has 5 heteroatoms. The lowest BCUT2D eigenvalue weighted by molar-refractivity contribution is -0.0106. The van der Waals surface area contributed by atoms with Gasteiger partial charge in [-0.2, -0.15) is 4.98 Å². The summed E-state index contributed by atoms with van der Waals surface area (Å²) in [6.07, 6.45) is 1.86. The molecule has 0 amide bonds. The Hall–Kier alpha value is -0.940. The van der Waals surface area contributed by atoms with E-state index in [0.29, 0.717) is 11.7 Å². The molecule has 108 valence electrons. The van der Waals surface area contributed by atoms with Crippen LogP contribution in [0, 0.1) is 5.92 Å². The molecule has 2 heterocycles. The highest BCUT2D eigenvalue weighted by molar-refractivity contribution is 5.13. The summed E-state index contributed by atoms with van der Waals surface area (Å²) in [5, 5.41) is 7.57. The van der Waals surface area contributed by atoms with Gasteiger partial charge in [0.05, 0.1) is 5.41 Å². The normalized spacial score (nSPS) is 26.8. The number of rotatable bonds is 5. The summed E-state index contributed by atoms with van der Waals surface area (Å²) in [4.78, 5) is 4.66. The second-order valence-corrected chi connectivity index (χ2v) is 5.95. The van der Waals surface area contributed by atoms with E-state index in [1.54, 1.807) is 7.11 Å². The van der Waals surface area contributed by atoms with E-state index in [4.69, 9.17) is 9.26 Å².